The van der Waals surface area contributed by atoms with E-state index in [1.807, 2.05) is 0 Å². The van der Waals surface area contributed by atoms with E-state index in [1.165, 1.54) is 19.3 Å². The van der Waals surface area contributed by atoms with Crippen molar-refractivity contribution in [2.45, 2.75) is 50.6 Å². The van der Waals surface area contributed by atoms with E-state index in [4.69, 9.17) is 5.73 Å². The Hall–Kier alpha value is -0.570. The van der Waals surface area contributed by atoms with Gasteiger partial charge in [0.1, 0.15) is 0 Å². The van der Waals surface area contributed by atoms with E-state index in [-0.39, 0.29) is 11.4 Å². The average Bonchev–Trinajstić information content (AvgIpc) is 2.10. The maximum absolute atomic E-state index is 11.3. The van der Waals surface area contributed by atoms with Gasteiger partial charge in [0.15, 0.2) is 0 Å². The number of rotatable bonds is 1. The van der Waals surface area contributed by atoms with Gasteiger partial charge in [-0.3, -0.25) is 4.79 Å². The third kappa shape index (κ3) is 1.40. The fourth-order valence-electron chi connectivity index (χ4n) is 4.59. The quantitative estimate of drug-likeness (QED) is 0.676. The first-order valence-electron chi connectivity index (χ1n) is 6.12. The topological polar surface area (TPSA) is 55.1 Å². The van der Waals surface area contributed by atoms with E-state index in [9.17, 15) is 4.79 Å². The number of carbonyl (C=O) groups is 1. The number of carbonyl (C=O) groups excluding carboxylic acids is 1. The predicted molar refractivity (Wildman–Crippen MR) is 58.1 cm³/mol. The highest BCUT2D eigenvalue weighted by Gasteiger charge is 2.54. The van der Waals surface area contributed by atoms with Gasteiger partial charge >= 0.3 is 0 Å². The van der Waals surface area contributed by atoms with Crippen LogP contribution in [0.3, 0.4) is 0 Å². The van der Waals surface area contributed by atoms with E-state index in [0.717, 1.165) is 18.8 Å². The Morgan fingerprint density at radius 3 is 2.40 bits per heavy atom. The lowest BCUT2D eigenvalue weighted by Crippen LogP contribution is -2.65. The second kappa shape index (κ2) is 2.97. The van der Waals surface area contributed by atoms with Crippen molar-refractivity contribution in [2.24, 2.45) is 23.5 Å². The Kier molecular flexibility index (Phi) is 1.91. The third-order valence-corrected chi connectivity index (χ3v) is 4.79. The summed E-state index contributed by atoms with van der Waals surface area (Å²) in [6.45, 7) is 1.64. The second-order valence-corrected chi connectivity index (χ2v) is 6.01. The zero-order chi connectivity index (χ0) is 10.6. The largest absolute Gasteiger partial charge is 0.351 e. The van der Waals surface area contributed by atoms with E-state index in [1.54, 1.807) is 6.92 Å². The highest BCUT2D eigenvalue weighted by molar-refractivity contribution is 5.74. The van der Waals surface area contributed by atoms with Gasteiger partial charge in [-0.15, -0.1) is 0 Å². The summed E-state index contributed by atoms with van der Waals surface area (Å²) < 4.78 is 0. The van der Waals surface area contributed by atoms with Crippen LogP contribution in [0.4, 0.5) is 0 Å². The highest BCUT2D eigenvalue weighted by Crippen LogP contribution is 2.55. The normalized spacial score (nSPS) is 51.9. The molecule has 4 saturated carbocycles. The van der Waals surface area contributed by atoms with Gasteiger partial charge in [0.2, 0.25) is 5.91 Å². The Morgan fingerprint density at radius 1 is 1.27 bits per heavy atom. The lowest BCUT2D eigenvalue weighted by molar-refractivity contribution is -0.125. The Morgan fingerprint density at radius 2 is 1.87 bits per heavy atom. The molecule has 4 bridgehead atoms. The molecule has 0 unspecified atom stereocenters. The van der Waals surface area contributed by atoms with E-state index in [2.05, 4.69) is 5.32 Å². The summed E-state index contributed by atoms with van der Waals surface area (Å²) in [5.74, 6) is 2.30. The summed E-state index contributed by atoms with van der Waals surface area (Å²) in [6, 6.07) is 0.406. The number of nitrogens with one attached hydrogen (secondary N) is 1. The maximum Gasteiger partial charge on any atom is 0.217 e. The van der Waals surface area contributed by atoms with Crippen LogP contribution in [0, 0.1) is 17.8 Å². The molecule has 3 heteroatoms. The lowest BCUT2D eigenvalue weighted by Gasteiger charge is -2.59. The number of hydrogen-bond acceptors (Lipinski definition) is 2. The molecule has 0 saturated heterocycles. The van der Waals surface area contributed by atoms with Crippen LogP contribution in [-0.2, 0) is 4.79 Å². The Labute approximate surface area is 90.8 Å². The zero-order valence-electron chi connectivity index (χ0n) is 9.33. The molecule has 3 N–H and O–H groups in total. The minimum Gasteiger partial charge on any atom is -0.351 e. The molecule has 0 radical (unpaired) electrons. The van der Waals surface area contributed by atoms with Crippen LogP contribution >= 0.6 is 0 Å². The highest BCUT2D eigenvalue weighted by atomic mass is 16.1. The molecule has 4 fully saturated rings. The zero-order valence-corrected chi connectivity index (χ0v) is 9.33. The van der Waals surface area contributed by atoms with Crippen molar-refractivity contribution in [2.75, 3.05) is 0 Å². The van der Waals surface area contributed by atoms with E-state index < -0.39 is 0 Å². The second-order valence-electron chi connectivity index (χ2n) is 6.01. The summed E-state index contributed by atoms with van der Waals surface area (Å²) in [6.07, 6.45) is 6.06. The smallest absolute Gasteiger partial charge is 0.217 e. The summed E-state index contributed by atoms with van der Waals surface area (Å²) in [5.41, 5.74) is 6.37. The van der Waals surface area contributed by atoms with Crippen LogP contribution in [-0.4, -0.2) is 17.5 Å². The molecule has 0 heterocycles. The van der Waals surface area contributed by atoms with Crippen molar-refractivity contribution in [1.29, 1.82) is 0 Å². The molecule has 4 aliphatic carbocycles. The average molecular weight is 208 g/mol. The van der Waals surface area contributed by atoms with Crippen LogP contribution in [0.25, 0.3) is 0 Å². The van der Waals surface area contributed by atoms with Crippen LogP contribution in [0.5, 0.6) is 0 Å². The molecule has 0 spiro atoms. The van der Waals surface area contributed by atoms with Crippen LogP contribution < -0.4 is 11.1 Å². The van der Waals surface area contributed by atoms with Gasteiger partial charge in [0.05, 0.1) is 0 Å². The van der Waals surface area contributed by atoms with Gasteiger partial charge in [-0.1, -0.05) is 0 Å². The fourth-order valence-corrected chi connectivity index (χ4v) is 4.59. The van der Waals surface area contributed by atoms with Gasteiger partial charge in [-0.2, -0.15) is 0 Å². The van der Waals surface area contributed by atoms with Crippen LogP contribution in [0.2, 0.25) is 0 Å². The number of amides is 1. The van der Waals surface area contributed by atoms with Gasteiger partial charge < -0.3 is 11.1 Å². The Balaban J connectivity index is 1.85. The molecule has 84 valence electrons. The van der Waals surface area contributed by atoms with Gasteiger partial charge in [-0.25, -0.2) is 0 Å². The Bertz CT molecular complexity index is 286. The van der Waals surface area contributed by atoms with Crippen molar-refractivity contribution in [3.05, 3.63) is 0 Å². The molecule has 4 rings (SSSR count). The van der Waals surface area contributed by atoms with Crippen molar-refractivity contribution < 1.29 is 4.79 Å². The molecule has 0 aromatic rings. The molecule has 0 aromatic carbocycles. The van der Waals surface area contributed by atoms with Crippen LogP contribution in [0.1, 0.15) is 39.0 Å². The van der Waals surface area contributed by atoms with E-state index >= 15 is 0 Å². The van der Waals surface area contributed by atoms with E-state index in [0.29, 0.717) is 17.9 Å². The standard InChI is InChI=1S/C12H20N2O/c1-7(15)14-12-4-8-2-9(5-12)11(13)10(3-8)6-12/h8-11H,2-6,13H2,1H3,(H,14,15)/t8?,9-,10-,11?,12?/m0/s1. The van der Waals surface area contributed by atoms with Crippen molar-refractivity contribution in [3.8, 4) is 0 Å². The number of nitrogens with two attached hydrogens (primary N) is 1. The molecule has 3 nitrogen and oxygen atoms in total. The van der Waals surface area contributed by atoms with Gasteiger partial charge in [0.25, 0.3) is 0 Å². The monoisotopic (exact) mass is 208 g/mol. The summed E-state index contributed by atoms with van der Waals surface area (Å²) in [5, 5.41) is 3.21. The molecule has 0 aliphatic heterocycles. The summed E-state index contributed by atoms with van der Waals surface area (Å²) in [7, 11) is 0. The minimum absolute atomic E-state index is 0.123. The minimum atomic E-state index is 0.123. The molecular weight excluding hydrogens is 188 g/mol. The predicted octanol–water partition coefficient (Wildman–Crippen LogP) is 1.03. The summed E-state index contributed by atoms with van der Waals surface area (Å²) in [4.78, 5) is 11.3. The maximum atomic E-state index is 11.3. The van der Waals surface area contributed by atoms with Crippen molar-refractivity contribution in [1.82, 2.24) is 5.32 Å². The van der Waals surface area contributed by atoms with Crippen molar-refractivity contribution in [3.63, 3.8) is 0 Å². The first kappa shape index (κ1) is 9.64. The van der Waals surface area contributed by atoms with Gasteiger partial charge in [0, 0.05) is 18.5 Å². The molecular formula is C12H20N2O. The first-order chi connectivity index (χ1) is 7.08. The van der Waals surface area contributed by atoms with Gasteiger partial charge in [-0.05, 0) is 49.9 Å². The lowest BCUT2D eigenvalue weighted by atomic mass is 9.51. The third-order valence-electron chi connectivity index (χ3n) is 4.79. The molecule has 0 aromatic heterocycles. The number of hydrogen-bond donors (Lipinski definition) is 2. The fraction of sp³-hybridized carbons (Fsp3) is 0.917. The molecule has 4 aliphatic rings. The molecule has 1 amide bonds. The molecule has 15 heavy (non-hydrogen) atoms. The van der Waals surface area contributed by atoms with Crippen LogP contribution in [0.15, 0.2) is 0 Å². The molecule has 2 atom stereocenters. The van der Waals surface area contributed by atoms with Crippen molar-refractivity contribution >= 4 is 5.91 Å². The summed E-state index contributed by atoms with van der Waals surface area (Å²) >= 11 is 0. The SMILES string of the molecule is CC(=O)NC12CC3C[C@@H](C1)C(N)[C@@H](C3)C2. The first-order valence-corrected chi connectivity index (χ1v) is 6.12.